The maximum absolute atomic E-state index is 12.6. The van der Waals surface area contributed by atoms with E-state index < -0.39 is 0 Å². The van der Waals surface area contributed by atoms with E-state index >= 15 is 0 Å². The third kappa shape index (κ3) is 4.75. The van der Waals surface area contributed by atoms with Crippen molar-refractivity contribution in [1.29, 1.82) is 0 Å². The summed E-state index contributed by atoms with van der Waals surface area (Å²) in [6.45, 7) is 6.63. The van der Waals surface area contributed by atoms with Crippen molar-refractivity contribution < 1.29 is 4.79 Å². The number of rotatable bonds is 5. The van der Waals surface area contributed by atoms with Crippen LogP contribution in [0.3, 0.4) is 0 Å². The van der Waals surface area contributed by atoms with Gasteiger partial charge in [0.25, 0.3) is 0 Å². The molecular formula is C19H31N5OS. The highest BCUT2D eigenvalue weighted by molar-refractivity contribution is 7.09. The Morgan fingerprint density at radius 2 is 2.15 bits per heavy atom. The molecule has 0 radical (unpaired) electrons. The Bertz CT molecular complexity index is 636. The molecule has 3 rings (SSSR count). The standard InChI is InChI=1S/C19H31N5OS/c1-13(2)17-22-16(12-26-17)10-21-19(20-3)23-15-8-9-24(11-15)18(25)14-6-4-5-7-14/h12-15H,4-11H2,1-3H3,(H2,20,21,23). The summed E-state index contributed by atoms with van der Waals surface area (Å²) in [6.07, 6.45) is 5.54. The number of thiazole rings is 1. The second kappa shape index (κ2) is 8.84. The number of likely N-dealkylation sites (tertiary alicyclic amines) is 1. The summed E-state index contributed by atoms with van der Waals surface area (Å²) in [4.78, 5) is 23.6. The molecule has 1 aromatic rings. The molecule has 26 heavy (non-hydrogen) atoms. The van der Waals surface area contributed by atoms with Crippen molar-refractivity contribution in [2.75, 3.05) is 20.1 Å². The number of nitrogens with one attached hydrogen (secondary N) is 2. The molecule has 1 amide bonds. The van der Waals surface area contributed by atoms with Crippen LogP contribution >= 0.6 is 11.3 Å². The van der Waals surface area contributed by atoms with E-state index in [1.807, 2.05) is 4.90 Å². The molecule has 1 aromatic heterocycles. The van der Waals surface area contributed by atoms with Gasteiger partial charge < -0.3 is 15.5 Å². The molecule has 2 aliphatic rings. The van der Waals surface area contributed by atoms with Crippen molar-refractivity contribution in [3.8, 4) is 0 Å². The first-order valence-electron chi connectivity index (χ1n) is 9.77. The second-order valence-electron chi connectivity index (χ2n) is 7.65. The quantitative estimate of drug-likeness (QED) is 0.611. The highest BCUT2D eigenvalue weighted by Crippen LogP contribution is 2.27. The number of nitrogens with zero attached hydrogens (tertiary/aromatic N) is 3. The third-order valence-corrected chi connectivity index (χ3v) is 6.46. The van der Waals surface area contributed by atoms with Gasteiger partial charge in [-0.2, -0.15) is 0 Å². The van der Waals surface area contributed by atoms with Gasteiger partial charge in [-0.3, -0.25) is 9.79 Å². The zero-order valence-corrected chi connectivity index (χ0v) is 16.9. The van der Waals surface area contributed by atoms with Gasteiger partial charge in [-0.1, -0.05) is 26.7 Å². The van der Waals surface area contributed by atoms with Crippen LogP contribution in [-0.2, 0) is 11.3 Å². The second-order valence-corrected chi connectivity index (χ2v) is 8.54. The van der Waals surface area contributed by atoms with Crippen LogP contribution in [0.5, 0.6) is 0 Å². The fourth-order valence-electron chi connectivity index (χ4n) is 3.74. The summed E-state index contributed by atoms with van der Waals surface area (Å²) in [5.74, 6) is 1.88. The van der Waals surface area contributed by atoms with Crippen molar-refractivity contribution in [3.63, 3.8) is 0 Å². The molecule has 2 fully saturated rings. The minimum Gasteiger partial charge on any atom is -0.352 e. The summed E-state index contributed by atoms with van der Waals surface area (Å²) in [5.41, 5.74) is 1.05. The van der Waals surface area contributed by atoms with Crippen molar-refractivity contribution in [1.82, 2.24) is 20.5 Å². The van der Waals surface area contributed by atoms with Crippen molar-refractivity contribution in [2.45, 2.75) is 64.5 Å². The lowest BCUT2D eigenvalue weighted by Crippen LogP contribution is -2.45. The van der Waals surface area contributed by atoms with Gasteiger partial charge in [0.1, 0.15) is 0 Å². The molecule has 1 atom stereocenters. The monoisotopic (exact) mass is 377 g/mol. The average molecular weight is 378 g/mol. The highest BCUT2D eigenvalue weighted by atomic mass is 32.1. The molecule has 144 valence electrons. The number of guanidine groups is 1. The number of aromatic nitrogens is 1. The Balaban J connectivity index is 1.45. The van der Waals surface area contributed by atoms with Crippen LogP contribution in [0.15, 0.2) is 10.4 Å². The van der Waals surface area contributed by atoms with Crippen LogP contribution in [0, 0.1) is 5.92 Å². The fraction of sp³-hybridized carbons (Fsp3) is 0.737. The van der Waals surface area contributed by atoms with Gasteiger partial charge in [0.05, 0.1) is 17.2 Å². The Morgan fingerprint density at radius 1 is 1.38 bits per heavy atom. The van der Waals surface area contributed by atoms with Gasteiger partial charge in [0.2, 0.25) is 5.91 Å². The van der Waals surface area contributed by atoms with Crippen LogP contribution in [0.1, 0.15) is 62.6 Å². The number of hydrogen-bond donors (Lipinski definition) is 2. The molecule has 6 nitrogen and oxygen atoms in total. The molecule has 2 N–H and O–H groups in total. The molecular weight excluding hydrogens is 346 g/mol. The molecule has 0 aromatic carbocycles. The van der Waals surface area contributed by atoms with Crippen LogP contribution in [0.2, 0.25) is 0 Å². The van der Waals surface area contributed by atoms with Gasteiger partial charge in [0, 0.05) is 43.4 Å². The maximum Gasteiger partial charge on any atom is 0.225 e. The number of amides is 1. The van der Waals surface area contributed by atoms with Gasteiger partial charge in [0.15, 0.2) is 5.96 Å². The first kappa shape index (κ1) is 19.1. The van der Waals surface area contributed by atoms with Crippen LogP contribution < -0.4 is 10.6 Å². The zero-order chi connectivity index (χ0) is 18.5. The normalized spacial score (nSPS) is 21.6. The number of aliphatic imine (C=N–C) groups is 1. The lowest BCUT2D eigenvalue weighted by molar-refractivity contribution is -0.134. The average Bonchev–Trinajstić information content (AvgIpc) is 3.39. The molecule has 2 heterocycles. The van der Waals surface area contributed by atoms with E-state index in [4.69, 9.17) is 0 Å². The van der Waals surface area contributed by atoms with E-state index in [2.05, 4.69) is 39.8 Å². The van der Waals surface area contributed by atoms with Gasteiger partial charge >= 0.3 is 0 Å². The smallest absolute Gasteiger partial charge is 0.225 e. The molecule has 7 heteroatoms. The molecule has 0 bridgehead atoms. The summed E-state index contributed by atoms with van der Waals surface area (Å²) in [7, 11) is 1.78. The van der Waals surface area contributed by atoms with E-state index in [9.17, 15) is 4.79 Å². The fourth-order valence-corrected chi connectivity index (χ4v) is 4.58. The maximum atomic E-state index is 12.6. The van der Waals surface area contributed by atoms with Gasteiger partial charge in [-0.25, -0.2) is 4.98 Å². The number of carbonyl (C=O) groups is 1. The number of hydrogen-bond acceptors (Lipinski definition) is 4. The van der Waals surface area contributed by atoms with Crippen molar-refractivity contribution in [3.05, 3.63) is 16.1 Å². The summed E-state index contributed by atoms with van der Waals surface area (Å²) < 4.78 is 0. The van der Waals surface area contributed by atoms with E-state index in [0.717, 1.165) is 44.0 Å². The van der Waals surface area contributed by atoms with Crippen LogP contribution in [0.25, 0.3) is 0 Å². The Kier molecular flexibility index (Phi) is 6.51. The lowest BCUT2D eigenvalue weighted by atomic mass is 10.1. The minimum atomic E-state index is 0.269. The van der Waals surface area contributed by atoms with E-state index in [-0.39, 0.29) is 12.0 Å². The summed E-state index contributed by atoms with van der Waals surface area (Å²) in [6, 6.07) is 0.271. The zero-order valence-electron chi connectivity index (χ0n) is 16.1. The Morgan fingerprint density at radius 3 is 2.81 bits per heavy atom. The lowest BCUT2D eigenvalue weighted by Gasteiger charge is -2.21. The SMILES string of the molecule is CN=C(NCc1csc(C(C)C)n1)NC1CCN(C(=O)C2CCCC2)C1. The molecule has 1 saturated heterocycles. The molecule has 0 spiro atoms. The van der Waals surface area contributed by atoms with E-state index in [1.165, 1.54) is 17.8 Å². The predicted molar refractivity (Wildman–Crippen MR) is 106 cm³/mol. The Labute approximate surface area is 160 Å². The molecule has 1 unspecified atom stereocenters. The third-order valence-electron chi connectivity index (χ3n) is 5.27. The van der Waals surface area contributed by atoms with Crippen LogP contribution in [-0.4, -0.2) is 47.9 Å². The first-order chi connectivity index (χ1) is 12.6. The predicted octanol–water partition coefficient (Wildman–Crippen LogP) is 2.72. The molecule has 1 aliphatic heterocycles. The topological polar surface area (TPSA) is 69.6 Å². The van der Waals surface area contributed by atoms with Gasteiger partial charge in [-0.15, -0.1) is 11.3 Å². The molecule has 1 aliphatic carbocycles. The molecule has 1 saturated carbocycles. The van der Waals surface area contributed by atoms with E-state index in [0.29, 0.717) is 18.4 Å². The summed E-state index contributed by atoms with van der Waals surface area (Å²) in [5, 5.41) is 10.1. The first-order valence-corrected chi connectivity index (χ1v) is 10.6. The van der Waals surface area contributed by atoms with Crippen LogP contribution in [0.4, 0.5) is 0 Å². The minimum absolute atomic E-state index is 0.269. The largest absolute Gasteiger partial charge is 0.352 e. The Hall–Kier alpha value is -1.63. The van der Waals surface area contributed by atoms with E-state index in [1.54, 1.807) is 18.4 Å². The van der Waals surface area contributed by atoms with Gasteiger partial charge in [-0.05, 0) is 19.3 Å². The highest BCUT2D eigenvalue weighted by Gasteiger charge is 2.32. The number of carbonyl (C=O) groups excluding carboxylic acids is 1. The van der Waals surface area contributed by atoms with Crippen molar-refractivity contribution >= 4 is 23.2 Å². The summed E-state index contributed by atoms with van der Waals surface area (Å²) >= 11 is 1.71. The van der Waals surface area contributed by atoms with Crippen molar-refractivity contribution in [2.24, 2.45) is 10.9 Å².